The van der Waals surface area contributed by atoms with Crippen LogP contribution in [0.15, 0.2) is 65.1 Å². The van der Waals surface area contributed by atoms with Crippen LogP contribution in [-0.2, 0) is 4.79 Å². The van der Waals surface area contributed by atoms with Crippen LogP contribution in [0.25, 0.3) is 11.0 Å². The van der Waals surface area contributed by atoms with Crippen molar-refractivity contribution in [3.05, 3.63) is 72.0 Å². The molecule has 0 saturated carbocycles. The maximum absolute atomic E-state index is 13.2. The van der Waals surface area contributed by atoms with Gasteiger partial charge in [0.05, 0.1) is 5.92 Å². The van der Waals surface area contributed by atoms with Crippen molar-refractivity contribution in [3.8, 4) is 0 Å². The van der Waals surface area contributed by atoms with Gasteiger partial charge in [-0.3, -0.25) is 4.79 Å². The summed E-state index contributed by atoms with van der Waals surface area (Å²) in [4.78, 5) is 28.9. The summed E-state index contributed by atoms with van der Waals surface area (Å²) in [7, 11) is 3.47. The van der Waals surface area contributed by atoms with Gasteiger partial charge in [0.2, 0.25) is 5.91 Å². The van der Waals surface area contributed by atoms with E-state index in [1.165, 1.54) is 0 Å². The molecular formula is C24H27N3O3. The number of likely N-dealkylation sites (tertiary alicyclic amines) is 1. The minimum atomic E-state index is -0.383. The zero-order chi connectivity index (χ0) is 21.1. The van der Waals surface area contributed by atoms with Gasteiger partial charge in [-0.05, 0) is 30.5 Å². The van der Waals surface area contributed by atoms with Crippen LogP contribution in [0.2, 0.25) is 0 Å². The number of fused-ring (bicyclic) bond motifs is 1. The molecule has 30 heavy (non-hydrogen) atoms. The topological polar surface area (TPSA) is 65.8 Å². The number of hydrogen-bond donors (Lipinski definition) is 1. The number of urea groups is 1. The number of amides is 3. The summed E-state index contributed by atoms with van der Waals surface area (Å²) in [6.07, 6.45) is 1.59. The predicted octanol–water partition coefficient (Wildman–Crippen LogP) is 4.03. The van der Waals surface area contributed by atoms with Crippen molar-refractivity contribution in [2.75, 3.05) is 27.2 Å². The van der Waals surface area contributed by atoms with Crippen molar-refractivity contribution in [1.29, 1.82) is 0 Å². The largest absolute Gasteiger partial charge is 0.459 e. The molecule has 6 heteroatoms. The zero-order valence-electron chi connectivity index (χ0n) is 17.4. The Morgan fingerprint density at radius 2 is 1.83 bits per heavy atom. The summed E-state index contributed by atoms with van der Waals surface area (Å²) < 4.78 is 6.08. The Labute approximate surface area is 176 Å². The van der Waals surface area contributed by atoms with Crippen molar-refractivity contribution in [2.45, 2.75) is 18.9 Å². The first kappa shape index (κ1) is 20.0. The molecule has 2 aromatic carbocycles. The molecule has 2 heterocycles. The number of piperidine rings is 1. The Kier molecular flexibility index (Phi) is 5.74. The fourth-order valence-electron chi connectivity index (χ4n) is 4.02. The van der Waals surface area contributed by atoms with Gasteiger partial charge in [-0.2, -0.15) is 0 Å². The molecule has 2 atom stereocenters. The second-order valence-corrected chi connectivity index (χ2v) is 8.00. The zero-order valence-corrected chi connectivity index (χ0v) is 17.4. The highest BCUT2D eigenvalue weighted by atomic mass is 16.3. The lowest BCUT2D eigenvalue weighted by molar-refractivity contribution is -0.127. The standard InChI is InChI=1S/C24H27N3O3/c1-26(2)24(29)27-14-8-12-19(16-27)23(28)25-22(17-9-4-3-5-10-17)21-15-18-11-6-7-13-20(18)30-21/h3-7,9-11,13,15,19,22H,8,12,14,16H2,1-2H3,(H,25,28)/t19-,22+/m1/s1. The van der Waals surface area contributed by atoms with Crippen molar-refractivity contribution in [2.24, 2.45) is 5.92 Å². The molecule has 156 valence electrons. The first-order valence-electron chi connectivity index (χ1n) is 10.3. The third-order valence-corrected chi connectivity index (χ3v) is 5.59. The number of nitrogens with zero attached hydrogens (tertiary/aromatic N) is 2. The first-order valence-corrected chi connectivity index (χ1v) is 10.3. The average molecular weight is 405 g/mol. The number of para-hydroxylation sites is 1. The van der Waals surface area contributed by atoms with Gasteiger partial charge < -0.3 is 19.5 Å². The number of hydrogen-bond acceptors (Lipinski definition) is 3. The quantitative estimate of drug-likeness (QED) is 0.713. The monoisotopic (exact) mass is 405 g/mol. The Bertz CT molecular complexity index is 995. The molecule has 0 radical (unpaired) electrons. The Hall–Kier alpha value is -3.28. The van der Waals surface area contributed by atoms with E-state index >= 15 is 0 Å². The van der Waals surface area contributed by atoms with Crippen LogP contribution in [0.1, 0.15) is 30.2 Å². The lowest BCUT2D eigenvalue weighted by Crippen LogP contribution is -2.49. The van der Waals surface area contributed by atoms with E-state index in [4.69, 9.17) is 4.42 Å². The van der Waals surface area contributed by atoms with Gasteiger partial charge in [-0.25, -0.2) is 4.79 Å². The highest BCUT2D eigenvalue weighted by molar-refractivity contribution is 5.82. The Balaban J connectivity index is 1.57. The summed E-state index contributed by atoms with van der Waals surface area (Å²) in [6, 6.07) is 19.2. The molecule has 0 unspecified atom stereocenters. The molecule has 1 aliphatic heterocycles. The highest BCUT2D eigenvalue weighted by Gasteiger charge is 2.31. The van der Waals surface area contributed by atoms with Crippen LogP contribution in [0.4, 0.5) is 4.79 Å². The number of carbonyl (C=O) groups excluding carboxylic acids is 2. The molecule has 4 rings (SSSR count). The van der Waals surface area contributed by atoms with Gasteiger partial charge in [0.25, 0.3) is 0 Å². The maximum atomic E-state index is 13.2. The van der Waals surface area contributed by atoms with Gasteiger partial charge in [-0.15, -0.1) is 0 Å². The van der Waals surface area contributed by atoms with E-state index in [1.54, 1.807) is 23.9 Å². The maximum Gasteiger partial charge on any atom is 0.319 e. The molecule has 0 bridgehead atoms. The number of furan rings is 1. The van der Waals surface area contributed by atoms with Crippen molar-refractivity contribution in [3.63, 3.8) is 0 Å². The van der Waals surface area contributed by atoms with Crippen LogP contribution in [0, 0.1) is 5.92 Å². The third-order valence-electron chi connectivity index (χ3n) is 5.59. The number of carbonyl (C=O) groups is 2. The van der Waals surface area contributed by atoms with Crippen molar-refractivity contribution < 1.29 is 14.0 Å². The van der Waals surface area contributed by atoms with Crippen LogP contribution in [0.3, 0.4) is 0 Å². The lowest BCUT2D eigenvalue weighted by Gasteiger charge is -2.34. The second kappa shape index (κ2) is 8.61. The van der Waals surface area contributed by atoms with E-state index in [2.05, 4.69) is 5.32 Å². The van der Waals surface area contributed by atoms with Crippen LogP contribution >= 0.6 is 0 Å². The average Bonchev–Trinajstić information content (AvgIpc) is 3.21. The minimum Gasteiger partial charge on any atom is -0.459 e. The van der Waals surface area contributed by atoms with E-state index in [-0.39, 0.29) is 23.9 Å². The normalized spacial score (nSPS) is 17.5. The summed E-state index contributed by atoms with van der Waals surface area (Å²) in [5.74, 6) is 0.409. The van der Waals surface area contributed by atoms with Gasteiger partial charge in [-0.1, -0.05) is 48.5 Å². The van der Waals surface area contributed by atoms with E-state index in [0.29, 0.717) is 18.8 Å². The summed E-state index contributed by atoms with van der Waals surface area (Å²) >= 11 is 0. The molecule has 1 saturated heterocycles. The summed E-state index contributed by atoms with van der Waals surface area (Å²) in [5, 5.41) is 4.19. The smallest absolute Gasteiger partial charge is 0.319 e. The molecule has 1 aliphatic rings. The van der Waals surface area contributed by atoms with Crippen LogP contribution in [-0.4, -0.2) is 48.9 Å². The van der Waals surface area contributed by atoms with Crippen LogP contribution in [0.5, 0.6) is 0 Å². The van der Waals surface area contributed by atoms with Gasteiger partial charge in [0.1, 0.15) is 17.4 Å². The van der Waals surface area contributed by atoms with E-state index < -0.39 is 0 Å². The van der Waals surface area contributed by atoms with Crippen molar-refractivity contribution in [1.82, 2.24) is 15.1 Å². The minimum absolute atomic E-state index is 0.0515. The fraction of sp³-hybridized carbons (Fsp3) is 0.333. The van der Waals surface area contributed by atoms with E-state index in [9.17, 15) is 9.59 Å². The number of nitrogens with one attached hydrogen (secondary N) is 1. The van der Waals surface area contributed by atoms with E-state index in [1.807, 2.05) is 60.7 Å². The van der Waals surface area contributed by atoms with Crippen molar-refractivity contribution >= 4 is 22.9 Å². The Morgan fingerprint density at radius 1 is 1.10 bits per heavy atom. The van der Waals surface area contributed by atoms with E-state index in [0.717, 1.165) is 29.4 Å². The van der Waals surface area contributed by atoms with Gasteiger partial charge in [0, 0.05) is 32.6 Å². The molecule has 1 fully saturated rings. The molecule has 3 amide bonds. The highest BCUT2D eigenvalue weighted by Crippen LogP contribution is 2.29. The van der Waals surface area contributed by atoms with Gasteiger partial charge >= 0.3 is 6.03 Å². The molecule has 1 N–H and O–H groups in total. The SMILES string of the molecule is CN(C)C(=O)N1CCC[C@@H](C(=O)N[C@@H](c2ccccc2)c2cc3ccccc3o2)C1. The molecule has 0 spiro atoms. The lowest BCUT2D eigenvalue weighted by atomic mass is 9.96. The fourth-order valence-corrected chi connectivity index (χ4v) is 4.02. The molecule has 3 aromatic rings. The molecule has 1 aromatic heterocycles. The van der Waals surface area contributed by atoms with Crippen LogP contribution < -0.4 is 5.32 Å². The third kappa shape index (κ3) is 4.17. The second-order valence-electron chi connectivity index (χ2n) is 8.00. The number of benzene rings is 2. The Morgan fingerprint density at radius 3 is 2.57 bits per heavy atom. The number of rotatable bonds is 4. The predicted molar refractivity (Wildman–Crippen MR) is 116 cm³/mol. The first-order chi connectivity index (χ1) is 14.5. The molecule has 6 nitrogen and oxygen atoms in total. The summed E-state index contributed by atoms with van der Waals surface area (Å²) in [6.45, 7) is 1.12. The molecule has 0 aliphatic carbocycles. The van der Waals surface area contributed by atoms with Gasteiger partial charge in [0.15, 0.2) is 0 Å². The summed E-state index contributed by atoms with van der Waals surface area (Å²) in [5.41, 5.74) is 1.75. The molecular weight excluding hydrogens is 378 g/mol.